The molecule has 2 rings (SSSR count). The Bertz CT molecular complexity index is 353. The molecule has 1 aromatic rings. The van der Waals surface area contributed by atoms with Gasteiger partial charge in [0.1, 0.15) is 5.82 Å². The van der Waals surface area contributed by atoms with Crippen LogP contribution >= 0.6 is 11.6 Å². The lowest BCUT2D eigenvalue weighted by atomic mass is 10.00. The van der Waals surface area contributed by atoms with Crippen molar-refractivity contribution in [3.05, 3.63) is 23.9 Å². The monoisotopic (exact) mass is 254 g/mol. The Balaban J connectivity index is 2.00. The summed E-state index contributed by atoms with van der Waals surface area (Å²) in [7, 11) is 2.09. The number of rotatable bonds is 4. The molecule has 0 saturated carbocycles. The highest BCUT2D eigenvalue weighted by Gasteiger charge is 2.17. The fourth-order valence-corrected chi connectivity index (χ4v) is 2.49. The van der Waals surface area contributed by atoms with Crippen molar-refractivity contribution in [1.82, 2.24) is 4.98 Å². The van der Waals surface area contributed by atoms with Crippen LogP contribution < -0.4 is 4.90 Å². The minimum atomic E-state index is 0.515. The number of anilines is 1. The van der Waals surface area contributed by atoms with E-state index >= 15 is 0 Å². The summed E-state index contributed by atoms with van der Waals surface area (Å²) in [5.74, 6) is 2.23. The number of halogens is 1. The van der Waals surface area contributed by atoms with Crippen molar-refractivity contribution in [2.24, 2.45) is 5.92 Å². The van der Waals surface area contributed by atoms with E-state index in [1.165, 1.54) is 0 Å². The molecule has 1 fully saturated rings. The van der Waals surface area contributed by atoms with Gasteiger partial charge in [-0.05, 0) is 24.8 Å². The van der Waals surface area contributed by atoms with E-state index < -0.39 is 0 Å². The smallest absolute Gasteiger partial charge is 0.132 e. The Morgan fingerprint density at radius 3 is 2.94 bits per heavy atom. The van der Waals surface area contributed by atoms with E-state index in [2.05, 4.69) is 16.9 Å². The van der Waals surface area contributed by atoms with Crippen LogP contribution in [0, 0.1) is 5.92 Å². The van der Waals surface area contributed by atoms with Crippen LogP contribution in [0.2, 0.25) is 0 Å². The normalized spacial score (nSPS) is 17.1. The molecule has 0 aliphatic carbocycles. The van der Waals surface area contributed by atoms with Gasteiger partial charge in [0.25, 0.3) is 0 Å². The summed E-state index contributed by atoms with van der Waals surface area (Å²) in [6.07, 6.45) is 4.12. The first kappa shape index (κ1) is 12.7. The summed E-state index contributed by atoms with van der Waals surface area (Å²) in [5.41, 5.74) is 1.10. The second-order valence-corrected chi connectivity index (χ2v) is 4.82. The van der Waals surface area contributed by atoms with Crippen LogP contribution in [0.15, 0.2) is 18.3 Å². The van der Waals surface area contributed by atoms with Crippen LogP contribution in [0.5, 0.6) is 0 Å². The number of hydrogen-bond donors (Lipinski definition) is 0. The van der Waals surface area contributed by atoms with Gasteiger partial charge in [0.2, 0.25) is 0 Å². The molecule has 0 spiro atoms. The first-order valence-electron chi connectivity index (χ1n) is 6.10. The Morgan fingerprint density at radius 1 is 1.47 bits per heavy atom. The highest BCUT2D eigenvalue weighted by molar-refractivity contribution is 6.17. The maximum absolute atomic E-state index is 5.93. The highest BCUT2D eigenvalue weighted by Crippen LogP contribution is 2.22. The predicted molar refractivity (Wildman–Crippen MR) is 70.6 cm³/mol. The molecule has 1 saturated heterocycles. The van der Waals surface area contributed by atoms with E-state index in [4.69, 9.17) is 16.3 Å². The second kappa shape index (κ2) is 6.22. The van der Waals surface area contributed by atoms with Crippen LogP contribution in [-0.2, 0) is 10.6 Å². The number of hydrogen-bond acceptors (Lipinski definition) is 3. The summed E-state index contributed by atoms with van der Waals surface area (Å²) in [4.78, 5) is 6.64. The van der Waals surface area contributed by atoms with Crippen molar-refractivity contribution in [3.63, 3.8) is 0 Å². The quantitative estimate of drug-likeness (QED) is 0.773. The molecule has 0 atom stereocenters. The van der Waals surface area contributed by atoms with Gasteiger partial charge in [0, 0.05) is 38.6 Å². The molecule has 94 valence electrons. The van der Waals surface area contributed by atoms with E-state index in [-0.39, 0.29) is 0 Å². The lowest BCUT2D eigenvalue weighted by Gasteiger charge is -2.28. The van der Waals surface area contributed by atoms with Crippen LogP contribution in [0.1, 0.15) is 18.4 Å². The molecule has 1 aliphatic heterocycles. The zero-order valence-corrected chi connectivity index (χ0v) is 11.0. The molecule has 0 aromatic carbocycles. The lowest BCUT2D eigenvalue weighted by Crippen LogP contribution is -2.30. The molecule has 17 heavy (non-hydrogen) atoms. The van der Waals surface area contributed by atoms with E-state index in [1.807, 2.05) is 18.3 Å². The van der Waals surface area contributed by atoms with Gasteiger partial charge in [0.05, 0.1) is 5.88 Å². The fourth-order valence-electron chi connectivity index (χ4n) is 2.28. The Hall–Kier alpha value is -0.800. The molecule has 4 heteroatoms. The van der Waals surface area contributed by atoms with Crippen LogP contribution in [0.3, 0.4) is 0 Å². The lowest BCUT2D eigenvalue weighted by molar-refractivity contribution is 0.0685. The average Bonchev–Trinajstić information content (AvgIpc) is 2.40. The molecular formula is C13H19ClN2O. The highest BCUT2D eigenvalue weighted by atomic mass is 35.5. The maximum Gasteiger partial charge on any atom is 0.132 e. The first-order valence-corrected chi connectivity index (χ1v) is 6.63. The van der Waals surface area contributed by atoms with E-state index in [0.29, 0.717) is 11.8 Å². The largest absolute Gasteiger partial charge is 0.381 e. The predicted octanol–water partition coefficient (Wildman–Crippen LogP) is 2.68. The number of aromatic nitrogens is 1. The molecule has 3 nitrogen and oxygen atoms in total. The minimum absolute atomic E-state index is 0.515. The molecule has 0 amide bonds. The second-order valence-electron chi connectivity index (χ2n) is 4.56. The van der Waals surface area contributed by atoms with Gasteiger partial charge in [-0.1, -0.05) is 6.07 Å². The topological polar surface area (TPSA) is 25.4 Å². The number of ether oxygens (including phenoxy) is 1. The SMILES string of the molecule is CN(CC1CCOCC1)c1ncccc1CCl. The van der Waals surface area contributed by atoms with E-state index in [1.54, 1.807) is 0 Å². The zero-order valence-electron chi connectivity index (χ0n) is 10.2. The third-order valence-corrected chi connectivity index (χ3v) is 3.53. The van der Waals surface area contributed by atoms with Gasteiger partial charge in [0.15, 0.2) is 0 Å². The molecule has 0 N–H and O–H groups in total. The van der Waals surface area contributed by atoms with Crippen molar-refractivity contribution in [1.29, 1.82) is 0 Å². The van der Waals surface area contributed by atoms with Crippen LogP contribution in [0.4, 0.5) is 5.82 Å². The Kier molecular flexibility index (Phi) is 4.63. The third-order valence-electron chi connectivity index (χ3n) is 3.25. The van der Waals surface area contributed by atoms with E-state index in [0.717, 1.165) is 44.0 Å². The number of alkyl halides is 1. The summed E-state index contributed by atoms with van der Waals surface area (Å²) in [6, 6.07) is 3.97. The standard InChI is InChI=1S/C13H19ClN2O/c1-16(10-11-4-7-17-8-5-11)13-12(9-14)3-2-6-15-13/h2-3,6,11H,4-5,7-10H2,1H3. The molecule has 1 aromatic heterocycles. The van der Waals surface area contributed by atoms with Crippen molar-refractivity contribution in [2.75, 3.05) is 31.7 Å². The summed E-state index contributed by atoms with van der Waals surface area (Å²) in [6.45, 7) is 2.82. The molecule has 0 bridgehead atoms. The average molecular weight is 255 g/mol. The molecule has 0 unspecified atom stereocenters. The third kappa shape index (κ3) is 3.33. The minimum Gasteiger partial charge on any atom is -0.381 e. The zero-order chi connectivity index (χ0) is 12.1. The molecular weight excluding hydrogens is 236 g/mol. The summed E-state index contributed by atoms with van der Waals surface area (Å²) in [5, 5.41) is 0. The Morgan fingerprint density at radius 2 is 2.24 bits per heavy atom. The molecule has 2 heterocycles. The fraction of sp³-hybridized carbons (Fsp3) is 0.615. The Labute approximate surface area is 108 Å². The first-order chi connectivity index (χ1) is 8.31. The van der Waals surface area contributed by atoms with Crippen molar-refractivity contribution in [3.8, 4) is 0 Å². The van der Waals surface area contributed by atoms with Crippen LogP contribution in [0.25, 0.3) is 0 Å². The van der Waals surface area contributed by atoms with E-state index in [9.17, 15) is 0 Å². The number of pyridine rings is 1. The summed E-state index contributed by atoms with van der Waals surface area (Å²) < 4.78 is 5.38. The van der Waals surface area contributed by atoms with Crippen molar-refractivity contribution < 1.29 is 4.74 Å². The van der Waals surface area contributed by atoms with Gasteiger partial charge in [-0.15, -0.1) is 11.6 Å². The van der Waals surface area contributed by atoms with Gasteiger partial charge in [-0.3, -0.25) is 0 Å². The number of nitrogens with zero attached hydrogens (tertiary/aromatic N) is 2. The van der Waals surface area contributed by atoms with Crippen molar-refractivity contribution >= 4 is 17.4 Å². The van der Waals surface area contributed by atoms with Crippen LogP contribution in [-0.4, -0.2) is 31.8 Å². The molecule has 1 aliphatic rings. The van der Waals surface area contributed by atoms with Gasteiger partial charge >= 0.3 is 0 Å². The van der Waals surface area contributed by atoms with Gasteiger partial charge in [-0.2, -0.15) is 0 Å². The van der Waals surface area contributed by atoms with Gasteiger partial charge < -0.3 is 9.64 Å². The van der Waals surface area contributed by atoms with Crippen molar-refractivity contribution in [2.45, 2.75) is 18.7 Å². The maximum atomic E-state index is 5.93. The van der Waals surface area contributed by atoms with Gasteiger partial charge in [-0.25, -0.2) is 4.98 Å². The molecule has 0 radical (unpaired) electrons. The summed E-state index contributed by atoms with van der Waals surface area (Å²) >= 11 is 5.93.